The topological polar surface area (TPSA) is 259 Å². The van der Waals surface area contributed by atoms with Gasteiger partial charge in [-0.1, -0.05) is 109 Å². The number of hydrogen-bond acceptors (Lipinski definition) is 11. The van der Waals surface area contributed by atoms with Gasteiger partial charge in [0.25, 0.3) is 0 Å². The molecule has 0 bridgehead atoms. The minimum atomic E-state index is -1.21. The van der Waals surface area contributed by atoms with Crippen molar-refractivity contribution in [3.63, 3.8) is 0 Å². The highest BCUT2D eigenvalue weighted by Gasteiger charge is 2.44. The predicted molar refractivity (Wildman–Crippen MR) is 322 cm³/mol. The number of likely N-dealkylation sites (N-methyl/N-ethyl adjacent to an activating group) is 7. The summed E-state index contributed by atoms with van der Waals surface area (Å²) in [7, 11) is 10.2. The Kier molecular flexibility index (Phi) is 30.7. The summed E-state index contributed by atoms with van der Waals surface area (Å²) in [4.78, 5) is 168. The molecule has 1 rings (SSSR count). The zero-order valence-corrected chi connectivity index (χ0v) is 55.0. The van der Waals surface area contributed by atoms with Crippen LogP contribution in [0, 0.1) is 41.4 Å². The molecule has 0 aromatic heterocycles. The summed E-state index contributed by atoms with van der Waals surface area (Å²) >= 11 is 0. The Bertz CT molecular complexity index is 2270. The normalized spacial score (nSPS) is 26.9. The molecule has 22 heteroatoms. The Hall–Kier alpha value is -6.09. The molecule has 0 spiro atoms. The van der Waals surface area contributed by atoms with Gasteiger partial charge in [-0.2, -0.15) is 0 Å². The third-order valence-corrected chi connectivity index (χ3v) is 15.8. The summed E-state index contributed by atoms with van der Waals surface area (Å²) in [6, 6.07) is -11.4. The molecule has 11 amide bonds. The van der Waals surface area contributed by atoms with Crippen LogP contribution in [0.4, 0.5) is 0 Å². The van der Waals surface area contributed by atoms with Crippen LogP contribution in [0.3, 0.4) is 0 Å². The van der Waals surface area contributed by atoms with E-state index >= 15 is 9.59 Å². The second kappa shape index (κ2) is 34.0. The fraction of sp³-hybridized carbons (Fsp3) is 0.787. The Labute approximate surface area is 497 Å². The Morgan fingerprint density at radius 3 is 1.31 bits per heavy atom. The van der Waals surface area contributed by atoms with Crippen molar-refractivity contribution in [2.45, 2.75) is 217 Å². The zero-order chi connectivity index (χ0) is 64.4. The lowest BCUT2D eigenvalue weighted by Crippen LogP contribution is -2.61. The fourth-order valence-corrected chi connectivity index (χ4v) is 10.6. The molecule has 1 aliphatic rings. The van der Waals surface area contributed by atoms with Gasteiger partial charge in [-0.3, -0.25) is 52.7 Å². The van der Waals surface area contributed by atoms with Crippen LogP contribution in [0.25, 0.3) is 0 Å². The largest absolute Gasteiger partial charge is 0.343 e. The second-order valence-electron chi connectivity index (χ2n) is 25.6. The monoisotopic (exact) mass is 1170 g/mol. The van der Waals surface area contributed by atoms with Crippen molar-refractivity contribution in [2.24, 2.45) is 41.4 Å². The van der Waals surface area contributed by atoms with E-state index in [2.05, 4.69) is 21.3 Å². The molecule has 83 heavy (non-hydrogen) atoms. The van der Waals surface area contributed by atoms with Crippen molar-refractivity contribution in [1.29, 1.82) is 0 Å². The van der Waals surface area contributed by atoms with Crippen LogP contribution in [-0.2, 0) is 52.7 Å². The van der Waals surface area contributed by atoms with Gasteiger partial charge in [0, 0.05) is 49.3 Å². The van der Waals surface area contributed by atoms with E-state index < -0.39 is 150 Å². The van der Waals surface area contributed by atoms with Crippen LogP contribution >= 0.6 is 0 Å². The standard InChI is InChI=1S/C61H109N11O11/c1-25-27-28-40(15)32-45-54(76)64-43(26-2)57(79)66(18)33-48(73)71(23)50(38(11)12)55(77)65-49(37(9)10)60(82)67(19)44(29-34(3)4)53(75)62-41(16)52(74)63-42(17)56(78)69(21)46(30-35(5)6)58(80)70(22)47(31-36(7)8)59(81)72(24)51(39(13)14)61(83)68(45)20/h25,27,34-47,49-51H,26,28-33H2,1-24H3,(H,62,75)(H,63,74)(H,64,76)(H,65,77)/b27-25+/t40-,41-,42+,43+,44-,45+,46+,47+,49-,50+,51+/m1/s1. The van der Waals surface area contributed by atoms with Crippen LogP contribution in [0.2, 0.25) is 0 Å². The van der Waals surface area contributed by atoms with Gasteiger partial charge in [0.1, 0.15) is 60.4 Å². The summed E-state index contributed by atoms with van der Waals surface area (Å²) < 4.78 is 0. The highest BCUT2D eigenvalue weighted by Crippen LogP contribution is 2.25. The first-order valence-corrected chi connectivity index (χ1v) is 30.0. The number of amides is 11. The molecular formula is C61H109N11O11. The van der Waals surface area contributed by atoms with Crippen molar-refractivity contribution in [3.8, 4) is 0 Å². The van der Waals surface area contributed by atoms with E-state index in [1.807, 2.05) is 67.5 Å². The molecule has 1 saturated heterocycles. The van der Waals surface area contributed by atoms with Gasteiger partial charge < -0.3 is 55.6 Å². The summed E-state index contributed by atoms with van der Waals surface area (Å²) in [5, 5.41) is 11.1. The third kappa shape index (κ3) is 21.2. The van der Waals surface area contributed by atoms with Gasteiger partial charge in [-0.25, -0.2) is 0 Å². The summed E-state index contributed by atoms with van der Waals surface area (Å²) in [5.74, 6) is -8.73. The van der Waals surface area contributed by atoms with Crippen LogP contribution in [0.1, 0.15) is 156 Å². The lowest BCUT2D eigenvalue weighted by Gasteiger charge is -2.41. The molecule has 1 fully saturated rings. The van der Waals surface area contributed by atoms with Crippen molar-refractivity contribution in [3.05, 3.63) is 12.2 Å². The number of nitrogens with zero attached hydrogens (tertiary/aromatic N) is 7. The first-order valence-electron chi connectivity index (χ1n) is 30.0. The van der Waals surface area contributed by atoms with Gasteiger partial charge in [-0.05, 0) is 101 Å². The average Bonchev–Trinajstić information content (AvgIpc) is 3.39. The quantitative estimate of drug-likeness (QED) is 0.181. The van der Waals surface area contributed by atoms with E-state index in [9.17, 15) is 43.2 Å². The van der Waals surface area contributed by atoms with Crippen LogP contribution in [0.5, 0.6) is 0 Å². The second-order valence-corrected chi connectivity index (χ2v) is 25.6. The molecule has 11 atom stereocenters. The fourth-order valence-electron chi connectivity index (χ4n) is 10.6. The van der Waals surface area contributed by atoms with Crippen molar-refractivity contribution >= 4 is 65.0 Å². The number of carbonyl (C=O) groups excluding carboxylic acids is 11. The summed E-state index contributed by atoms with van der Waals surface area (Å²) in [6.45, 7) is 29.7. The molecular weight excluding hydrogens is 1060 g/mol. The number of allylic oxidation sites excluding steroid dienone is 2. The molecule has 0 radical (unpaired) electrons. The summed E-state index contributed by atoms with van der Waals surface area (Å²) in [5.41, 5.74) is 0. The van der Waals surface area contributed by atoms with Crippen molar-refractivity contribution in [2.75, 3.05) is 55.9 Å². The average molecular weight is 1170 g/mol. The maximum Gasteiger partial charge on any atom is 0.246 e. The molecule has 4 N–H and O–H groups in total. The SMILES string of the molecule is C/C=C/C[C@@H](C)C[C@H]1C(=O)N[C@@H](CC)C(=O)N(C)CC(=O)N(C)[C@@H](C(C)C)C(=O)N[C@H](C(C)C)C(=O)N(C)[C@H](CC(C)C)C(=O)N[C@H](C)C(=O)N[C@@H](C)C(=O)N(C)[C@@H](CC(C)C)C(=O)N(C)[C@@H](CC(C)C)C(=O)N(C)[C@@H](C(C)C)C(=O)N1C. The molecule has 22 nitrogen and oxygen atoms in total. The van der Waals surface area contributed by atoms with Gasteiger partial charge in [0.05, 0.1) is 6.54 Å². The molecule has 1 aliphatic heterocycles. The molecule has 0 aromatic carbocycles. The Balaban J connectivity index is 4.25. The highest BCUT2D eigenvalue weighted by atomic mass is 16.2. The van der Waals surface area contributed by atoms with Gasteiger partial charge in [-0.15, -0.1) is 0 Å². The molecule has 0 aromatic rings. The maximum atomic E-state index is 15.1. The molecule has 0 unspecified atom stereocenters. The maximum absolute atomic E-state index is 15.1. The molecule has 1 heterocycles. The van der Waals surface area contributed by atoms with E-state index in [0.717, 1.165) is 4.90 Å². The first kappa shape index (κ1) is 74.9. The van der Waals surface area contributed by atoms with Gasteiger partial charge in [0.2, 0.25) is 65.0 Å². The van der Waals surface area contributed by atoms with Gasteiger partial charge >= 0.3 is 0 Å². The number of hydrogen-bond donors (Lipinski definition) is 4. The smallest absolute Gasteiger partial charge is 0.246 e. The molecule has 0 saturated carbocycles. The zero-order valence-electron chi connectivity index (χ0n) is 55.0. The van der Waals surface area contributed by atoms with E-state index in [-0.39, 0.29) is 55.8 Å². The number of carbonyl (C=O) groups is 11. The molecule has 0 aliphatic carbocycles. The molecule has 474 valence electrons. The minimum Gasteiger partial charge on any atom is -0.343 e. The number of nitrogens with one attached hydrogen (secondary N) is 4. The number of rotatable bonds is 14. The lowest BCUT2D eigenvalue weighted by molar-refractivity contribution is -0.156. The van der Waals surface area contributed by atoms with Crippen molar-refractivity contribution < 1.29 is 52.7 Å². The van der Waals surface area contributed by atoms with Crippen molar-refractivity contribution in [1.82, 2.24) is 55.6 Å². The van der Waals surface area contributed by atoms with Gasteiger partial charge in [0.15, 0.2) is 0 Å². The first-order chi connectivity index (χ1) is 38.3. The Morgan fingerprint density at radius 2 is 0.855 bits per heavy atom. The highest BCUT2D eigenvalue weighted by molar-refractivity contribution is 5.99. The van der Waals surface area contributed by atoms with E-state index in [0.29, 0.717) is 6.42 Å². The van der Waals surface area contributed by atoms with E-state index in [1.54, 1.807) is 48.5 Å². The summed E-state index contributed by atoms with van der Waals surface area (Å²) in [6.07, 6.45) is 5.24. The predicted octanol–water partition coefficient (Wildman–Crippen LogP) is 3.91. The van der Waals surface area contributed by atoms with E-state index in [4.69, 9.17) is 0 Å². The van der Waals surface area contributed by atoms with Crippen LogP contribution in [-0.4, -0.2) is 216 Å². The minimum absolute atomic E-state index is 0.109. The van der Waals surface area contributed by atoms with Crippen LogP contribution < -0.4 is 21.3 Å². The Morgan fingerprint density at radius 1 is 0.434 bits per heavy atom. The third-order valence-electron chi connectivity index (χ3n) is 15.8. The lowest BCUT2D eigenvalue weighted by atomic mass is 9.93. The van der Waals surface area contributed by atoms with E-state index in [1.165, 1.54) is 92.6 Å². The van der Waals surface area contributed by atoms with Crippen LogP contribution in [0.15, 0.2) is 12.2 Å².